The van der Waals surface area contributed by atoms with E-state index in [1.54, 1.807) is 30.3 Å². The molecule has 1 amide bonds. The zero-order chi connectivity index (χ0) is 17.4. The summed E-state index contributed by atoms with van der Waals surface area (Å²) in [6.45, 7) is -2.49. The van der Waals surface area contributed by atoms with E-state index in [0.29, 0.717) is 24.9 Å². The van der Waals surface area contributed by atoms with Crippen molar-refractivity contribution in [2.24, 2.45) is 0 Å². The second-order valence-electron chi connectivity index (χ2n) is 5.21. The summed E-state index contributed by atoms with van der Waals surface area (Å²) in [5.74, 6) is -0.333. The van der Waals surface area contributed by atoms with E-state index in [1.165, 1.54) is 18.2 Å². The molecule has 0 radical (unpaired) electrons. The molecule has 0 heterocycles. The summed E-state index contributed by atoms with van der Waals surface area (Å²) in [7, 11) is 0. The van der Waals surface area contributed by atoms with Gasteiger partial charge in [0, 0.05) is 13.0 Å². The highest BCUT2D eigenvalue weighted by atomic mass is 19.3. The third kappa shape index (κ3) is 5.95. The molecule has 128 valence electrons. The Hall–Kier alpha value is -2.50. The number of ether oxygens (including phenoxy) is 1. The SMILES string of the molecule is O=C(CCc1ccc(OC(F)F)cc1)NCCc1ccccc1F. The van der Waals surface area contributed by atoms with Crippen molar-refractivity contribution >= 4 is 5.91 Å². The Morgan fingerprint density at radius 1 is 1.04 bits per heavy atom. The van der Waals surface area contributed by atoms with Crippen LogP contribution >= 0.6 is 0 Å². The largest absolute Gasteiger partial charge is 0.435 e. The van der Waals surface area contributed by atoms with Crippen molar-refractivity contribution in [1.82, 2.24) is 5.32 Å². The third-order valence-electron chi connectivity index (χ3n) is 3.46. The predicted molar refractivity (Wildman–Crippen MR) is 84.5 cm³/mol. The lowest BCUT2D eigenvalue weighted by atomic mass is 10.1. The standard InChI is InChI=1S/C18H18F3NO2/c19-16-4-2-1-3-14(16)11-12-22-17(23)10-7-13-5-8-15(9-6-13)24-18(20)21/h1-6,8-9,18H,7,10-12H2,(H,22,23). The van der Waals surface area contributed by atoms with Gasteiger partial charge in [-0.1, -0.05) is 30.3 Å². The fraction of sp³-hybridized carbons (Fsp3) is 0.278. The lowest BCUT2D eigenvalue weighted by Crippen LogP contribution is -2.26. The summed E-state index contributed by atoms with van der Waals surface area (Å²) < 4.78 is 41.8. The van der Waals surface area contributed by atoms with Gasteiger partial charge in [-0.2, -0.15) is 8.78 Å². The zero-order valence-electron chi connectivity index (χ0n) is 13.0. The van der Waals surface area contributed by atoms with E-state index in [-0.39, 0.29) is 23.9 Å². The molecular formula is C18H18F3NO2. The van der Waals surface area contributed by atoms with E-state index in [1.807, 2.05) is 0 Å². The average Bonchev–Trinajstić information content (AvgIpc) is 2.55. The molecule has 0 atom stereocenters. The van der Waals surface area contributed by atoms with Gasteiger partial charge in [0.2, 0.25) is 5.91 Å². The third-order valence-corrected chi connectivity index (χ3v) is 3.46. The topological polar surface area (TPSA) is 38.3 Å². The lowest BCUT2D eigenvalue weighted by molar-refractivity contribution is -0.121. The highest BCUT2D eigenvalue weighted by molar-refractivity contribution is 5.76. The van der Waals surface area contributed by atoms with E-state index in [9.17, 15) is 18.0 Å². The zero-order valence-corrected chi connectivity index (χ0v) is 13.0. The van der Waals surface area contributed by atoms with Crippen LogP contribution in [-0.2, 0) is 17.6 Å². The van der Waals surface area contributed by atoms with Crippen molar-refractivity contribution in [1.29, 1.82) is 0 Å². The van der Waals surface area contributed by atoms with E-state index < -0.39 is 6.61 Å². The number of rotatable bonds is 8. The Kier molecular flexibility index (Phi) is 6.66. The molecule has 3 nitrogen and oxygen atoms in total. The number of nitrogens with one attached hydrogen (secondary N) is 1. The van der Waals surface area contributed by atoms with Crippen LogP contribution < -0.4 is 10.1 Å². The first-order valence-corrected chi connectivity index (χ1v) is 7.58. The Morgan fingerprint density at radius 3 is 2.42 bits per heavy atom. The molecule has 0 bridgehead atoms. The number of alkyl halides is 2. The Balaban J connectivity index is 1.70. The number of carbonyl (C=O) groups excluding carboxylic acids is 1. The fourth-order valence-corrected chi connectivity index (χ4v) is 2.22. The van der Waals surface area contributed by atoms with E-state index >= 15 is 0 Å². The fourth-order valence-electron chi connectivity index (χ4n) is 2.22. The highest BCUT2D eigenvalue weighted by Crippen LogP contribution is 2.15. The number of amides is 1. The van der Waals surface area contributed by atoms with Crippen molar-refractivity contribution in [3.8, 4) is 5.75 Å². The van der Waals surface area contributed by atoms with Crippen LogP contribution in [0.4, 0.5) is 13.2 Å². The van der Waals surface area contributed by atoms with Crippen LogP contribution in [0.15, 0.2) is 48.5 Å². The number of aryl methyl sites for hydroxylation is 1. The summed E-state index contributed by atoms with van der Waals surface area (Å²) in [6.07, 6.45) is 1.19. The van der Waals surface area contributed by atoms with Gasteiger partial charge >= 0.3 is 6.61 Å². The molecule has 0 unspecified atom stereocenters. The maximum absolute atomic E-state index is 13.4. The summed E-state index contributed by atoms with van der Waals surface area (Å²) in [5.41, 5.74) is 1.41. The first-order valence-electron chi connectivity index (χ1n) is 7.58. The van der Waals surface area contributed by atoms with Crippen LogP contribution in [0.5, 0.6) is 5.75 Å². The first-order chi connectivity index (χ1) is 11.5. The smallest absolute Gasteiger partial charge is 0.387 e. The van der Waals surface area contributed by atoms with Crippen LogP contribution in [0.3, 0.4) is 0 Å². The van der Waals surface area contributed by atoms with E-state index in [4.69, 9.17) is 0 Å². The van der Waals surface area contributed by atoms with Crippen LogP contribution in [0.25, 0.3) is 0 Å². The maximum Gasteiger partial charge on any atom is 0.387 e. The molecule has 0 spiro atoms. The van der Waals surface area contributed by atoms with E-state index in [2.05, 4.69) is 10.1 Å². The number of carbonyl (C=O) groups is 1. The molecule has 1 N–H and O–H groups in total. The number of hydrogen-bond donors (Lipinski definition) is 1. The van der Waals surface area contributed by atoms with Gasteiger partial charge in [0.05, 0.1) is 0 Å². The summed E-state index contributed by atoms with van der Waals surface area (Å²) in [4.78, 5) is 11.8. The highest BCUT2D eigenvalue weighted by Gasteiger charge is 2.06. The quantitative estimate of drug-likeness (QED) is 0.797. The molecule has 0 aliphatic carbocycles. The van der Waals surface area contributed by atoms with Gasteiger partial charge in [0.15, 0.2) is 0 Å². The molecule has 24 heavy (non-hydrogen) atoms. The molecule has 0 aliphatic rings. The predicted octanol–water partition coefficient (Wildman–Crippen LogP) is 3.72. The van der Waals surface area contributed by atoms with Crippen LogP contribution in [0.1, 0.15) is 17.5 Å². The number of benzene rings is 2. The molecule has 2 aromatic carbocycles. The monoisotopic (exact) mass is 337 g/mol. The molecular weight excluding hydrogens is 319 g/mol. The maximum atomic E-state index is 13.4. The van der Waals surface area contributed by atoms with Crippen molar-refractivity contribution in [3.05, 3.63) is 65.5 Å². The summed E-state index contributed by atoms with van der Waals surface area (Å²) >= 11 is 0. The van der Waals surface area contributed by atoms with Crippen LogP contribution in [0, 0.1) is 5.82 Å². The lowest BCUT2D eigenvalue weighted by Gasteiger charge is -2.07. The van der Waals surface area contributed by atoms with Gasteiger partial charge in [0.25, 0.3) is 0 Å². The second kappa shape index (κ2) is 8.96. The minimum Gasteiger partial charge on any atom is -0.435 e. The van der Waals surface area contributed by atoms with Gasteiger partial charge in [-0.15, -0.1) is 0 Å². The van der Waals surface area contributed by atoms with Crippen molar-refractivity contribution in [3.63, 3.8) is 0 Å². The summed E-state index contributed by atoms with van der Waals surface area (Å²) in [6, 6.07) is 12.6. The molecule has 2 rings (SSSR count). The van der Waals surface area contributed by atoms with Gasteiger partial charge < -0.3 is 10.1 Å². The Bertz CT molecular complexity index is 660. The molecule has 0 aromatic heterocycles. The van der Waals surface area contributed by atoms with Crippen LogP contribution in [0.2, 0.25) is 0 Å². The average molecular weight is 337 g/mol. The number of hydrogen-bond acceptors (Lipinski definition) is 2. The second-order valence-corrected chi connectivity index (χ2v) is 5.21. The Labute approximate surface area is 138 Å². The van der Waals surface area contributed by atoms with Gasteiger partial charge in [-0.05, 0) is 42.2 Å². The number of halogens is 3. The minimum absolute atomic E-state index is 0.0862. The first kappa shape index (κ1) is 17.8. The van der Waals surface area contributed by atoms with Gasteiger partial charge in [0.1, 0.15) is 11.6 Å². The van der Waals surface area contributed by atoms with Crippen LogP contribution in [-0.4, -0.2) is 19.1 Å². The van der Waals surface area contributed by atoms with Crippen molar-refractivity contribution in [2.45, 2.75) is 25.9 Å². The molecule has 0 saturated carbocycles. The molecule has 6 heteroatoms. The molecule has 0 aliphatic heterocycles. The minimum atomic E-state index is -2.85. The molecule has 0 saturated heterocycles. The van der Waals surface area contributed by atoms with E-state index in [0.717, 1.165) is 5.56 Å². The van der Waals surface area contributed by atoms with Crippen molar-refractivity contribution in [2.75, 3.05) is 6.54 Å². The normalized spacial score (nSPS) is 10.7. The molecule has 2 aromatic rings. The molecule has 0 fully saturated rings. The summed E-state index contributed by atoms with van der Waals surface area (Å²) in [5, 5.41) is 2.74. The van der Waals surface area contributed by atoms with Gasteiger partial charge in [-0.3, -0.25) is 4.79 Å². The van der Waals surface area contributed by atoms with Gasteiger partial charge in [-0.25, -0.2) is 4.39 Å². The van der Waals surface area contributed by atoms with Crippen molar-refractivity contribution < 1.29 is 22.7 Å². The Morgan fingerprint density at radius 2 is 1.75 bits per heavy atom.